The van der Waals surface area contributed by atoms with E-state index in [1.165, 1.54) is 16.4 Å². The molecular formula is C23H30N2O4S. The molecule has 30 heavy (non-hydrogen) atoms. The van der Waals surface area contributed by atoms with E-state index in [0.717, 1.165) is 31.2 Å². The Labute approximate surface area is 179 Å². The van der Waals surface area contributed by atoms with E-state index >= 15 is 0 Å². The number of carbonyl (C=O) groups excluding carboxylic acids is 1. The second kappa shape index (κ2) is 8.78. The molecule has 0 spiro atoms. The van der Waals surface area contributed by atoms with Crippen LogP contribution in [0.25, 0.3) is 0 Å². The summed E-state index contributed by atoms with van der Waals surface area (Å²) in [5.74, 6) is -0.497. The Morgan fingerprint density at radius 1 is 1.10 bits per heavy atom. The van der Waals surface area contributed by atoms with Gasteiger partial charge in [-0.15, -0.1) is 0 Å². The number of carbonyl (C=O) groups is 1. The van der Waals surface area contributed by atoms with Crippen molar-refractivity contribution in [3.05, 3.63) is 53.6 Å². The number of phenolic OH excluding ortho intramolecular Hbond substituents is 1. The highest BCUT2D eigenvalue weighted by molar-refractivity contribution is 7.89. The number of nitrogens with one attached hydrogen (secondary N) is 1. The highest BCUT2D eigenvalue weighted by Crippen LogP contribution is 2.33. The Kier molecular flexibility index (Phi) is 6.53. The van der Waals surface area contributed by atoms with Crippen LogP contribution in [0.2, 0.25) is 0 Å². The molecule has 1 amide bonds. The summed E-state index contributed by atoms with van der Waals surface area (Å²) < 4.78 is 27.3. The van der Waals surface area contributed by atoms with E-state index in [2.05, 4.69) is 26.1 Å². The first kappa shape index (κ1) is 22.3. The van der Waals surface area contributed by atoms with Crippen molar-refractivity contribution in [1.82, 2.24) is 4.31 Å². The zero-order valence-electron chi connectivity index (χ0n) is 17.8. The number of amides is 1. The molecule has 1 aliphatic heterocycles. The van der Waals surface area contributed by atoms with Crippen LogP contribution in [0.15, 0.2) is 47.4 Å². The van der Waals surface area contributed by atoms with E-state index in [1.54, 1.807) is 24.3 Å². The summed E-state index contributed by atoms with van der Waals surface area (Å²) in [6.45, 7) is 7.29. The molecule has 0 radical (unpaired) electrons. The summed E-state index contributed by atoms with van der Waals surface area (Å²) in [6.07, 6.45) is 3.64. The van der Waals surface area contributed by atoms with Gasteiger partial charge < -0.3 is 10.4 Å². The van der Waals surface area contributed by atoms with Gasteiger partial charge in [-0.25, -0.2) is 8.42 Å². The molecule has 0 saturated carbocycles. The molecule has 1 fully saturated rings. The van der Waals surface area contributed by atoms with Crippen LogP contribution in [0.1, 0.15) is 62.4 Å². The predicted molar refractivity (Wildman–Crippen MR) is 118 cm³/mol. The van der Waals surface area contributed by atoms with Crippen molar-refractivity contribution < 1.29 is 18.3 Å². The molecule has 2 N–H and O–H groups in total. The van der Waals surface area contributed by atoms with E-state index < -0.39 is 15.9 Å². The number of nitrogens with zero attached hydrogens (tertiary/aromatic N) is 1. The number of anilines is 1. The number of sulfonamides is 1. The van der Waals surface area contributed by atoms with Crippen LogP contribution in [0.4, 0.5) is 5.69 Å². The molecule has 2 aromatic carbocycles. The first-order chi connectivity index (χ1) is 14.1. The minimum absolute atomic E-state index is 0.0314. The van der Waals surface area contributed by atoms with Crippen LogP contribution in [0.3, 0.4) is 0 Å². The zero-order valence-corrected chi connectivity index (χ0v) is 18.6. The first-order valence-corrected chi connectivity index (χ1v) is 11.8. The van der Waals surface area contributed by atoms with Crippen molar-refractivity contribution in [3.8, 4) is 5.75 Å². The quantitative estimate of drug-likeness (QED) is 0.660. The van der Waals surface area contributed by atoms with E-state index in [1.807, 2.05) is 6.07 Å². The molecule has 1 saturated heterocycles. The molecule has 7 heteroatoms. The number of piperidine rings is 1. The third-order valence-electron chi connectivity index (χ3n) is 5.96. The topological polar surface area (TPSA) is 86.7 Å². The maximum absolute atomic E-state index is 12.9. The maximum atomic E-state index is 12.9. The fraction of sp³-hybridized carbons (Fsp3) is 0.435. The van der Waals surface area contributed by atoms with Gasteiger partial charge in [0, 0.05) is 18.7 Å². The molecule has 1 heterocycles. The van der Waals surface area contributed by atoms with Gasteiger partial charge in [0.15, 0.2) is 0 Å². The number of aromatic hydroxyl groups is 1. The van der Waals surface area contributed by atoms with Gasteiger partial charge in [0.2, 0.25) is 10.0 Å². The Morgan fingerprint density at radius 3 is 2.47 bits per heavy atom. The Bertz CT molecular complexity index is 1030. The third kappa shape index (κ3) is 4.68. The fourth-order valence-corrected chi connectivity index (χ4v) is 5.07. The highest BCUT2D eigenvalue weighted by atomic mass is 32.2. The zero-order chi connectivity index (χ0) is 21.9. The van der Waals surface area contributed by atoms with Gasteiger partial charge in [-0.05, 0) is 60.6 Å². The van der Waals surface area contributed by atoms with E-state index in [0.29, 0.717) is 18.8 Å². The Balaban J connectivity index is 1.85. The van der Waals surface area contributed by atoms with Crippen LogP contribution in [-0.2, 0) is 15.4 Å². The lowest BCUT2D eigenvalue weighted by molar-refractivity contribution is 0.102. The van der Waals surface area contributed by atoms with Crippen LogP contribution < -0.4 is 5.32 Å². The highest BCUT2D eigenvalue weighted by Gasteiger charge is 2.26. The lowest BCUT2D eigenvalue weighted by Gasteiger charge is -2.26. The molecule has 0 bridgehead atoms. The predicted octanol–water partition coefficient (Wildman–Crippen LogP) is 4.51. The molecule has 0 atom stereocenters. The van der Waals surface area contributed by atoms with Crippen molar-refractivity contribution in [2.75, 3.05) is 18.4 Å². The average Bonchev–Trinajstić information content (AvgIpc) is 2.75. The summed E-state index contributed by atoms with van der Waals surface area (Å²) in [4.78, 5) is 12.9. The lowest BCUT2D eigenvalue weighted by atomic mass is 9.82. The smallest absolute Gasteiger partial charge is 0.255 e. The summed E-state index contributed by atoms with van der Waals surface area (Å²) >= 11 is 0. The summed E-state index contributed by atoms with van der Waals surface area (Å²) in [6, 6.07) is 11.2. The fourth-order valence-electron chi connectivity index (χ4n) is 3.51. The van der Waals surface area contributed by atoms with Gasteiger partial charge in [0.05, 0.1) is 10.6 Å². The number of phenols is 1. The number of hydrogen-bond acceptors (Lipinski definition) is 4. The van der Waals surface area contributed by atoms with Crippen LogP contribution in [0.5, 0.6) is 5.75 Å². The van der Waals surface area contributed by atoms with Crippen LogP contribution in [0, 0.1) is 0 Å². The number of hydrogen-bond donors (Lipinski definition) is 2. The standard InChI is InChI=1S/C23H30N2O4S/c1-4-23(2,3)18-11-12-21(26)20(16-18)24-22(27)17-9-8-10-19(15-17)30(28,29)25-13-6-5-7-14-25/h8-12,15-16,26H,4-7,13-14H2,1-3H3,(H,24,27). The van der Waals surface area contributed by atoms with Crippen molar-refractivity contribution in [2.45, 2.75) is 56.8 Å². The van der Waals surface area contributed by atoms with E-state index in [-0.39, 0.29) is 21.6 Å². The molecule has 3 rings (SSSR count). The second-order valence-corrected chi connectivity index (χ2v) is 10.4. The van der Waals surface area contributed by atoms with Gasteiger partial charge in [-0.2, -0.15) is 4.31 Å². The third-order valence-corrected chi connectivity index (χ3v) is 7.85. The van der Waals surface area contributed by atoms with Crippen LogP contribution >= 0.6 is 0 Å². The molecular weight excluding hydrogens is 400 g/mol. The Hall–Kier alpha value is -2.38. The largest absolute Gasteiger partial charge is 0.506 e. The molecule has 2 aromatic rings. The normalized spacial score (nSPS) is 15.7. The van der Waals surface area contributed by atoms with Crippen molar-refractivity contribution in [1.29, 1.82) is 0 Å². The van der Waals surface area contributed by atoms with E-state index in [4.69, 9.17) is 0 Å². The SMILES string of the molecule is CCC(C)(C)c1ccc(O)c(NC(=O)c2cccc(S(=O)(=O)N3CCCCC3)c2)c1. The molecule has 0 aliphatic carbocycles. The van der Waals surface area contributed by atoms with Gasteiger partial charge in [0.1, 0.15) is 5.75 Å². The summed E-state index contributed by atoms with van der Waals surface area (Å²) in [5, 5.41) is 12.9. The second-order valence-electron chi connectivity index (χ2n) is 8.42. The summed E-state index contributed by atoms with van der Waals surface area (Å²) in [7, 11) is -3.62. The van der Waals surface area contributed by atoms with E-state index in [9.17, 15) is 18.3 Å². The van der Waals surface area contributed by atoms with Gasteiger partial charge in [-0.1, -0.05) is 39.3 Å². The number of rotatable bonds is 6. The lowest BCUT2D eigenvalue weighted by Crippen LogP contribution is -2.35. The molecule has 1 aliphatic rings. The minimum atomic E-state index is -3.62. The summed E-state index contributed by atoms with van der Waals surface area (Å²) in [5.41, 5.74) is 1.44. The monoisotopic (exact) mass is 430 g/mol. The Morgan fingerprint density at radius 2 is 1.80 bits per heavy atom. The average molecular weight is 431 g/mol. The van der Waals surface area contributed by atoms with Crippen molar-refractivity contribution in [3.63, 3.8) is 0 Å². The molecule has 0 unspecified atom stereocenters. The number of benzene rings is 2. The maximum Gasteiger partial charge on any atom is 0.255 e. The van der Waals surface area contributed by atoms with Crippen LogP contribution in [-0.4, -0.2) is 36.8 Å². The molecule has 162 valence electrons. The first-order valence-electron chi connectivity index (χ1n) is 10.4. The molecule has 0 aromatic heterocycles. The molecule has 6 nitrogen and oxygen atoms in total. The van der Waals surface area contributed by atoms with Crippen molar-refractivity contribution in [2.24, 2.45) is 0 Å². The van der Waals surface area contributed by atoms with Gasteiger partial charge >= 0.3 is 0 Å². The van der Waals surface area contributed by atoms with Gasteiger partial charge in [-0.3, -0.25) is 4.79 Å². The van der Waals surface area contributed by atoms with Gasteiger partial charge in [0.25, 0.3) is 5.91 Å². The minimum Gasteiger partial charge on any atom is -0.506 e. The van der Waals surface area contributed by atoms with Crippen molar-refractivity contribution >= 4 is 21.6 Å².